The van der Waals surface area contributed by atoms with E-state index in [0.29, 0.717) is 5.30 Å². The summed E-state index contributed by atoms with van der Waals surface area (Å²) in [5.74, 6) is -0.576. The van der Waals surface area contributed by atoms with Crippen LogP contribution in [0.3, 0.4) is 0 Å². The van der Waals surface area contributed by atoms with Crippen LogP contribution in [-0.4, -0.2) is 37.9 Å². The molecule has 2 atom stereocenters. The van der Waals surface area contributed by atoms with E-state index in [1.807, 2.05) is 0 Å². The SMILES string of the molecule is COC(=O)[C@H](Cc1ccc([P+](=O)OC)cc1)NC(=O)OC(C)(C)C. The van der Waals surface area contributed by atoms with Gasteiger partial charge < -0.3 is 14.8 Å². The van der Waals surface area contributed by atoms with E-state index in [1.54, 1.807) is 45.0 Å². The maximum Gasteiger partial charge on any atom is 0.548 e. The van der Waals surface area contributed by atoms with E-state index in [0.717, 1.165) is 5.56 Å². The van der Waals surface area contributed by atoms with E-state index in [4.69, 9.17) is 14.0 Å². The number of nitrogens with one attached hydrogen (secondary N) is 1. The van der Waals surface area contributed by atoms with E-state index in [9.17, 15) is 14.2 Å². The molecule has 1 N–H and O–H groups in total. The summed E-state index contributed by atoms with van der Waals surface area (Å²) < 4.78 is 26.2. The average molecular weight is 356 g/mol. The second-order valence-corrected chi connectivity index (χ2v) is 7.43. The molecule has 0 aliphatic carbocycles. The molecule has 0 aliphatic heterocycles. The number of benzene rings is 1. The maximum atomic E-state index is 11.9. The van der Waals surface area contributed by atoms with Gasteiger partial charge in [-0.3, -0.25) is 0 Å². The van der Waals surface area contributed by atoms with Crippen molar-refractivity contribution in [2.24, 2.45) is 0 Å². The van der Waals surface area contributed by atoms with Crippen molar-refractivity contribution in [2.75, 3.05) is 14.2 Å². The first-order chi connectivity index (χ1) is 11.2. The second-order valence-electron chi connectivity index (χ2n) is 6.03. The number of rotatable bonds is 6. The fourth-order valence-electron chi connectivity index (χ4n) is 1.88. The third kappa shape index (κ3) is 6.64. The van der Waals surface area contributed by atoms with E-state index >= 15 is 0 Å². The molecule has 1 unspecified atom stereocenters. The third-order valence-corrected chi connectivity index (χ3v) is 3.98. The quantitative estimate of drug-likeness (QED) is 0.621. The van der Waals surface area contributed by atoms with Crippen LogP contribution in [0.1, 0.15) is 26.3 Å². The highest BCUT2D eigenvalue weighted by Crippen LogP contribution is 2.19. The highest BCUT2D eigenvalue weighted by molar-refractivity contribution is 7.48. The molecule has 1 rings (SSSR count). The number of hydrogen-bond donors (Lipinski definition) is 1. The van der Waals surface area contributed by atoms with E-state index in [2.05, 4.69) is 5.32 Å². The summed E-state index contributed by atoms with van der Waals surface area (Å²) in [6, 6.07) is 5.85. The van der Waals surface area contributed by atoms with Gasteiger partial charge in [0, 0.05) is 6.42 Å². The molecule has 0 radical (unpaired) electrons. The van der Waals surface area contributed by atoms with Gasteiger partial charge in [-0.25, -0.2) is 9.59 Å². The Morgan fingerprint density at radius 3 is 2.21 bits per heavy atom. The number of hydrogen-bond acceptors (Lipinski definition) is 6. The normalized spacial score (nSPS) is 13.0. The predicted molar refractivity (Wildman–Crippen MR) is 89.6 cm³/mol. The first-order valence-corrected chi connectivity index (χ1v) is 8.51. The van der Waals surface area contributed by atoms with Crippen LogP contribution in [0.2, 0.25) is 0 Å². The van der Waals surface area contributed by atoms with Gasteiger partial charge in [-0.2, -0.15) is 0 Å². The number of esters is 1. The van der Waals surface area contributed by atoms with Crippen LogP contribution in [0.25, 0.3) is 0 Å². The summed E-state index contributed by atoms with van der Waals surface area (Å²) in [5, 5.41) is 3.05. The molecule has 0 aliphatic rings. The average Bonchev–Trinajstić information content (AvgIpc) is 2.51. The Balaban J connectivity index is 2.81. The molecule has 0 heterocycles. The lowest BCUT2D eigenvalue weighted by atomic mass is 10.1. The molecule has 0 saturated heterocycles. The molecule has 0 saturated carbocycles. The van der Waals surface area contributed by atoms with Gasteiger partial charge in [0.2, 0.25) is 5.30 Å². The van der Waals surface area contributed by atoms with Crippen molar-refractivity contribution >= 4 is 25.4 Å². The summed E-state index contributed by atoms with van der Waals surface area (Å²) in [4.78, 5) is 23.7. The van der Waals surface area contributed by atoms with E-state index in [-0.39, 0.29) is 6.42 Å². The zero-order valence-corrected chi connectivity index (χ0v) is 15.4. The summed E-state index contributed by atoms with van der Waals surface area (Å²) in [6.07, 6.45) is -0.479. The summed E-state index contributed by atoms with van der Waals surface area (Å²) in [6.45, 7) is 5.19. The molecule has 0 bridgehead atoms. The van der Waals surface area contributed by atoms with Crippen molar-refractivity contribution in [1.29, 1.82) is 0 Å². The predicted octanol–water partition coefficient (Wildman–Crippen LogP) is 2.31. The Hall–Kier alpha value is -1.98. The van der Waals surface area contributed by atoms with E-state index in [1.165, 1.54) is 14.2 Å². The molecule has 24 heavy (non-hydrogen) atoms. The molecule has 1 aromatic carbocycles. The van der Waals surface area contributed by atoms with Gasteiger partial charge in [0.1, 0.15) is 11.6 Å². The third-order valence-electron chi connectivity index (χ3n) is 2.93. The maximum absolute atomic E-state index is 11.9. The van der Waals surface area contributed by atoms with Gasteiger partial charge in [-0.05, 0) is 43.0 Å². The topological polar surface area (TPSA) is 90.9 Å². The van der Waals surface area contributed by atoms with Crippen LogP contribution in [-0.2, 0) is 29.8 Å². The second kappa shape index (κ2) is 8.76. The standard InChI is InChI=1S/C16H22NO6P/c1-16(2,3)23-15(19)17-13(14(18)21-4)10-11-6-8-12(9-7-11)24(20)22-5/h6-9,13H,10H2,1-5H3/p+1/t13-/m0/s1. The molecule has 0 fully saturated rings. The highest BCUT2D eigenvalue weighted by Gasteiger charge is 2.26. The minimum Gasteiger partial charge on any atom is -0.467 e. The van der Waals surface area contributed by atoms with Crippen molar-refractivity contribution in [2.45, 2.75) is 38.8 Å². The van der Waals surface area contributed by atoms with Gasteiger partial charge in [-0.1, -0.05) is 12.1 Å². The summed E-state index contributed by atoms with van der Waals surface area (Å²) >= 11 is 0. The molecule has 1 aromatic rings. The molecular weight excluding hydrogens is 333 g/mol. The minimum atomic E-state index is -1.88. The van der Waals surface area contributed by atoms with Crippen molar-refractivity contribution in [3.8, 4) is 0 Å². The van der Waals surface area contributed by atoms with Crippen molar-refractivity contribution in [3.05, 3.63) is 29.8 Å². The molecule has 132 valence electrons. The molecule has 8 heteroatoms. The van der Waals surface area contributed by atoms with Crippen molar-refractivity contribution in [1.82, 2.24) is 5.32 Å². The molecule has 0 aromatic heterocycles. The molecule has 7 nitrogen and oxygen atoms in total. The van der Waals surface area contributed by atoms with Gasteiger partial charge in [-0.15, -0.1) is 4.52 Å². The van der Waals surface area contributed by atoms with Crippen LogP contribution >= 0.6 is 8.03 Å². The van der Waals surface area contributed by atoms with Gasteiger partial charge in [0.25, 0.3) is 0 Å². The Morgan fingerprint density at radius 1 is 1.17 bits per heavy atom. The monoisotopic (exact) mass is 356 g/mol. The minimum absolute atomic E-state index is 0.218. The molecular formula is C16H23NO6P+. The molecule has 0 spiro atoms. The lowest BCUT2D eigenvalue weighted by molar-refractivity contribution is -0.143. The largest absolute Gasteiger partial charge is 0.548 e. The smallest absolute Gasteiger partial charge is 0.467 e. The van der Waals surface area contributed by atoms with Crippen LogP contribution in [0, 0.1) is 0 Å². The van der Waals surface area contributed by atoms with Crippen molar-refractivity contribution < 1.29 is 28.2 Å². The summed E-state index contributed by atoms with van der Waals surface area (Å²) in [5.41, 5.74) is 0.0995. The Labute approximate surface area is 142 Å². The summed E-state index contributed by atoms with van der Waals surface area (Å²) in [7, 11) is 0.731. The number of ether oxygens (including phenoxy) is 2. The van der Waals surface area contributed by atoms with Crippen molar-refractivity contribution in [3.63, 3.8) is 0 Å². The van der Waals surface area contributed by atoms with E-state index < -0.39 is 31.7 Å². The highest BCUT2D eigenvalue weighted by atomic mass is 31.1. The van der Waals surface area contributed by atoms with Crippen LogP contribution < -0.4 is 10.6 Å². The van der Waals surface area contributed by atoms with Gasteiger partial charge in [0.05, 0.1) is 14.2 Å². The first-order valence-electron chi connectivity index (χ1n) is 7.34. The molecule has 1 amide bonds. The number of alkyl carbamates (subject to hydrolysis) is 1. The Kier molecular flexibility index (Phi) is 7.32. The number of methoxy groups -OCH3 is 1. The zero-order valence-electron chi connectivity index (χ0n) is 14.5. The number of carbonyl (C=O) groups is 2. The van der Waals surface area contributed by atoms with Crippen LogP contribution in [0.4, 0.5) is 4.79 Å². The van der Waals surface area contributed by atoms with Gasteiger partial charge in [0.15, 0.2) is 0 Å². The number of carbonyl (C=O) groups excluding carboxylic acids is 2. The fourth-order valence-corrected chi connectivity index (χ4v) is 2.48. The van der Waals surface area contributed by atoms with Crippen LogP contribution in [0.5, 0.6) is 0 Å². The lowest BCUT2D eigenvalue weighted by Crippen LogP contribution is -2.45. The van der Waals surface area contributed by atoms with Crippen LogP contribution in [0.15, 0.2) is 24.3 Å². The Morgan fingerprint density at radius 2 is 1.75 bits per heavy atom. The van der Waals surface area contributed by atoms with Gasteiger partial charge >= 0.3 is 20.1 Å². The Bertz CT molecular complexity index is 594. The zero-order chi connectivity index (χ0) is 18.3. The first kappa shape index (κ1) is 20.1. The number of amides is 1. The lowest BCUT2D eigenvalue weighted by Gasteiger charge is -2.22. The fraction of sp³-hybridized carbons (Fsp3) is 0.500.